The Kier molecular flexibility index (Phi) is 4.63. The molecule has 0 bridgehead atoms. The van der Waals surface area contributed by atoms with Crippen LogP contribution in [0.2, 0.25) is 0 Å². The largest absolute Gasteiger partial charge is 0.481 e. The molecule has 1 aromatic rings. The maximum Gasteiger partial charge on any atom is 0.274 e. The van der Waals surface area contributed by atoms with E-state index in [-0.39, 0.29) is 5.69 Å². The molecule has 0 aliphatic heterocycles. The van der Waals surface area contributed by atoms with Crippen molar-refractivity contribution in [2.24, 2.45) is 4.99 Å². The fourth-order valence-corrected chi connectivity index (χ4v) is 1.44. The van der Waals surface area contributed by atoms with Crippen LogP contribution in [-0.2, 0) is 4.74 Å². The zero-order chi connectivity index (χ0) is 12.8. The maximum atomic E-state index is 10.8. The summed E-state index contributed by atoms with van der Waals surface area (Å²) >= 11 is 0. The van der Waals surface area contributed by atoms with Crippen molar-refractivity contribution in [3.05, 3.63) is 33.9 Å². The first-order valence-corrected chi connectivity index (χ1v) is 5.54. The second-order valence-corrected chi connectivity index (χ2v) is 3.47. The van der Waals surface area contributed by atoms with Gasteiger partial charge in [-0.1, -0.05) is 13.0 Å². The first kappa shape index (κ1) is 13.2. The van der Waals surface area contributed by atoms with Gasteiger partial charge in [0.05, 0.1) is 22.8 Å². The zero-order valence-electron chi connectivity index (χ0n) is 10.3. The molecular formula is C12H16N2O3. The standard InChI is InChI=1S/C12H16N2O3/c1-4-12(17-5-2)13-10-7-6-8-11(9(10)3)14(15)16/h6-8H,4-5H2,1-3H3. The van der Waals surface area contributed by atoms with Crippen LogP contribution in [0.5, 0.6) is 0 Å². The van der Waals surface area contributed by atoms with Crippen molar-refractivity contribution in [1.82, 2.24) is 0 Å². The molecule has 0 spiro atoms. The second kappa shape index (κ2) is 5.98. The number of hydrogen-bond donors (Lipinski definition) is 0. The molecule has 0 aromatic heterocycles. The summed E-state index contributed by atoms with van der Waals surface area (Å²) < 4.78 is 5.33. The minimum atomic E-state index is -0.402. The molecule has 0 unspecified atom stereocenters. The van der Waals surface area contributed by atoms with Gasteiger partial charge < -0.3 is 4.74 Å². The molecule has 92 valence electrons. The van der Waals surface area contributed by atoms with Gasteiger partial charge in [-0.15, -0.1) is 0 Å². The molecule has 0 amide bonds. The van der Waals surface area contributed by atoms with Crippen molar-refractivity contribution >= 4 is 17.3 Å². The lowest BCUT2D eigenvalue weighted by molar-refractivity contribution is -0.385. The van der Waals surface area contributed by atoms with E-state index in [0.29, 0.717) is 30.2 Å². The molecule has 0 saturated carbocycles. The molecule has 17 heavy (non-hydrogen) atoms. The van der Waals surface area contributed by atoms with E-state index >= 15 is 0 Å². The summed E-state index contributed by atoms with van der Waals surface area (Å²) in [7, 11) is 0. The molecule has 5 heteroatoms. The summed E-state index contributed by atoms with van der Waals surface area (Å²) in [6.07, 6.45) is 0.663. The van der Waals surface area contributed by atoms with Gasteiger partial charge >= 0.3 is 0 Å². The number of rotatable bonds is 4. The molecule has 1 aromatic carbocycles. The Labute approximate surface area is 100 Å². The van der Waals surface area contributed by atoms with Gasteiger partial charge in [0.15, 0.2) is 5.90 Å². The summed E-state index contributed by atoms with van der Waals surface area (Å²) in [6.45, 7) is 6.05. The average molecular weight is 236 g/mol. The highest BCUT2D eigenvalue weighted by Gasteiger charge is 2.13. The van der Waals surface area contributed by atoms with E-state index in [4.69, 9.17) is 4.74 Å². The van der Waals surface area contributed by atoms with Gasteiger partial charge in [0.2, 0.25) is 0 Å². The first-order valence-electron chi connectivity index (χ1n) is 5.54. The fraction of sp³-hybridized carbons (Fsp3) is 0.417. The van der Waals surface area contributed by atoms with Gasteiger partial charge in [0.25, 0.3) is 5.69 Å². The number of aliphatic imine (C=N–C) groups is 1. The van der Waals surface area contributed by atoms with Gasteiger partial charge in [-0.2, -0.15) is 0 Å². The summed E-state index contributed by atoms with van der Waals surface area (Å²) in [4.78, 5) is 14.7. The van der Waals surface area contributed by atoms with Crippen LogP contribution < -0.4 is 0 Å². The molecule has 0 saturated heterocycles. The number of benzene rings is 1. The highest BCUT2D eigenvalue weighted by Crippen LogP contribution is 2.27. The van der Waals surface area contributed by atoms with E-state index in [2.05, 4.69) is 4.99 Å². The van der Waals surface area contributed by atoms with E-state index in [0.717, 1.165) is 0 Å². The Bertz CT molecular complexity index is 441. The van der Waals surface area contributed by atoms with Crippen LogP contribution in [0.4, 0.5) is 11.4 Å². The van der Waals surface area contributed by atoms with Crippen molar-refractivity contribution in [3.63, 3.8) is 0 Å². The van der Waals surface area contributed by atoms with E-state index < -0.39 is 4.92 Å². The zero-order valence-corrected chi connectivity index (χ0v) is 10.3. The van der Waals surface area contributed by atoms with Gasteiger partial charge in [0, 0.05) is 12.5 Å². The van der Waals surface area contributed by atoms with Gasteiger partial charge in [-0.05, 0) is 19.9 Å². The maximum absolute atomic E-state index is 10.8. The van der Waals surface area contributed by atoms with Crippen LogP contribution in [0.25, 0.3) is 0 Å². The Balaban J connectivity index is 3.14. The smallest absolute Gasteiger partial charge is 0.274 e. The highest BCUT2D eigenvalue weighted by atomic mass is 16.6. The third-order valence-corrected chi connectivity index (χ3v) is 2.33. The normalized spacial score (nSPS) is 11.4. The second-order valence-electron chi connectivity index (χ2n) is 3.47. The monoisotopic (exact) mass is 236 g/mol. The first-order chi connectivity index (χ1) is 8.10. The van der Waals surface area contributed by atoms with Gasteiger partial charge in [-0.25, -0.2) is 4.99 Å². The average Bonchev–Trinajstić information content (AvgIpc) is 2.30. The number of hydrogen-bond acceptors (Lipinski definition) is 4. The number of ether oxygens (including phenoxy) is 1. The minimum absolute atomic E-state index is 0.0817. The molecule has 0 heterocycles. The lowest BCUT2D eigenvalue weighted by Gasteiger charge is -2.06. The van der Waals surface area contributed by atoms with Crippen molar-refractivity contribution < 1.29 is 9.66 Å². The summed E-state index contributed by atoms with van der Waals surface area (Å²) in [5, 5.41) is 10.8. The van der Waals surface area contributed by atoms with Crippen LogP contribution >= 0.6 is 0 Å². The molecule has 0 radical (unpaired) electrons. The predicted octanol–water partition coefficient (Wildman–Crippen LogP) is 3.38. The molecule has 0 aliphatic rings. The van der Waals surface area contributed by atoms with Crippen molar-refractivity contribution in [2.45, 2.75) is 27.2 Å². The van der Waals surface area contributed by atoms with E-state index in [1.165, 1.54) is 6.07 Å². The highest BCUT2D eigenvalue weighted by molar-refractivity contribution is 5.80. The summed E-state index contributed by atoms with van der Waals surface area (Å²) in [5.74, 6) is 0.594. The van der Waals surface area contributed by atoms with Crippen molar-refractivity contribution in [1.29, 1.82) is 0 Å². The Morgan fingerprint density at radius 3 is 2.71 bits per heavy atom. The molecule has 0 fully saturated rings. The number of nitrogens with zero attached hydrogens (tertiary/aromatic N) is 2. The lowest BCUT2D eigenvalue weighted by atomic mass is 10.1. The third-order valence-electron chi connectivity index (χ3n) is 2.33. The number of nitro benzene ring substituents is 1. The molecule has 0 atom stereocenters. The van der Waals surface area contributed by atoms with E-state index in [1.807, 2.05) is 13.8 Å². The molecule has 1 rings (SSSR count). The van der Waals surface area contributed by atoms with Crippen LogP contribution in [-0.4, -0.2) is 17.4 Å². The Morgan fingerprint density at radius 1 is 1.47 bits per heavy atom. The third kappa shape index (κ3) is 3.27. The predicted molar refractivity (Wildman–Crippen MR) is 66.8 cm³/mol. The molecule has 5 nitrogen and oxygen atoms in total. The van der Waals surface area contributed by atoms with Crippen LogP contribution in [0.15, 0.2) is 23.2 Å². The molecule has 0 aliphatic carbocycles. The van der Waals surface area contributed by atoms with Crippen molar-refractivity contribution in [3.8, 4) is 0 Å². The molecular weight excluding hydrogens is 220 g/mol. The van der Waals surface area contributed by atoms with Gasteiger partial charge in [0.1, 0.15) is 0 Å². The topological polar surface area (TPSA) is 64.7 Å². The summed E-state index contributed by atoms with van der Waals surface area (Å²) in [6, 6.07) is 4.85. The minimum Gasteiger partial charge on any atom is -0.481 e. The lowest BCUT2D eigenvalue weighted by Crippen LogP contribution is -2.02. The summed E-state index contributed by atoms with van der Waals surface area (Å²) in [5.41, 5.74) is 1.23. The Morgan fingerprint density at radius 2 is 2.18 bits per heavy atom. The van der Waals surface area contributed by atoms with Crippen LogP contribution in [0.1, 0.15) is 25.8 Å². The SMILES string of the molecule is CCOC(CC)=Nc1cccc([N+](=O)[O-])c1C. The quantitative estimate of drug-likeness (QED) is 0.348. The number of nitro groups is 1. The fourth-order valence-electron chi connectivity index (χ4n) is 1.44. The molecule has 0 N–H and O–H groups in total. The van der Waals surface area contributed by atoms with Crippen molar-refractivity contribution in [2.75, 3.05) is 6.61 Å². The Hall–Kier alpha value is -1.91. The van der Waals surface area contributed by atoms with Crippen LogP contribution in [0, 0.1) is 17.0 Å². The van der Waals surface area contributed by atoms with Gasteiger partial charge in [-0.3, -0.25) is 10.1 Å². The van der Waals surface area contributed by atoms with Crippen LogP contribution in [0.3, 0.4) is 0 Å². The van der Waals surface area contributed by atoms with E-state index in [1.54, 1.807) is 19.1 Å². The van der Waals surface area contributed by atoms with E-state index in [9.17, 15) is 10.1 Å².